The summed E-state index contributed by atoms with van der Waals surface area (Å²) in [6.07, 6.45) is 2.80. The summed E-state index contributed by atoms with van der Waals surface area (Å²) in [4.78, 5) is 25.1. The number of methoxy groups -OCH3 is 1. The number of ether oxygens (including phenoxy) is 1. The lowest BCUT2D eigenvalue weighted by Gasteiger charge is -2.13. The molecule has 2 heterocycles. The van der Waals surface area contributed by atoms with Gasteiger partial charge >= 0.3 is 0 Å². The lowest BCUT2D eigenvalue weighted by atomic mass is 10.2. The minimum absolute atomic E-state index is 0.0643. The zero-order chi connectivity index (χ0) is 28.9. The number of nitrogens with one attached hydrogen (secondary N) is 3. The largest absolute Gasteiger partial charge is 0.494 e. The molecule has 0 saturated heterocycles. The molecule has 0 aliphatic heterocycles. The summed E-state index contributed by atoms with van der Waals surface area (Å²) < 4.78 is 16.8. The average molecular weight is 606 g/mol. The number of anilines is 2. The Morgan fingerprint density at radius 2 is 1.68 bits per heavy atom. The summed E-state index contributed by atoms with van der Waals surface area (Å²) >= 11 is 17.4. The van der Waals surface area contributed by atoms with Gasteiger partial charge in [0.25, 0.3) is 5.91 Å². The van der Waals surface area contributed by atoms with Crippen molar-refractivity contribution in [3.63, 3.8) is 0 Å². The maximum Gasteiger partial charge on any atom is 0.291 e. The molecule has 3 N–H and O–H groups in total. The molecule has 0 saturated carbocycles. The van der Waals surface area contributed by atoms with Crippen molar-refractivity contribution in [3.05, 3.63) is 107 Å². The SMILES string of the molecule is COc1cc(NC(=S)NC(=O)/C=C/c2ccc(-c3cc(Cl)cc(Cl)c3)o2)ccc1NC(=O)c1cc2ccccc2o1. The van der Waals surface area contributed by atoms with Crippen LogP contribution < -0.4 is 20.7 Å². The molecular weight excluding hydrogens is 585 g/mol. The van der Waals surface area contributed by atoms with Crippen LogP contribution in [0.15, 0.2) is 93.8 Å². The Balaban J connectivity index is 1.17. The molecule has 0 atom stereocenters. The molecule has 206 valence electrons. The summed E-state index contributed by atoms with van der Waals surface area (Å²) in [6, 6.07) is 22.5. The van der Waals surface area contributed by atoms with Gasteiger partial charge in [-0.3, -0.25) is 14.9 Å². The summed E-state index contributed by atoms with van der Waals surface area (Å²) in [5, 5.41) is 10.1. The van der Waals surface area contributed by atoms with Crippen LogP contribution in [-0.4, -0.2) is 24.0 Å². The molecule has 0 aliphatic carbocycles. The monoisotopic (exact) mass is 605 g/mol. The van der Waals surface area contributed by atoms with E-state index in [1.165, 1.54) is 19.3 Å². The van der Waals surface area contributed by atoms with E-state index >= 15 is 0 Å². The number of halogens is 2. The number of furan rings is 2. The highest BCUT2D eigenvalue weighted by atomic mass is 35.5. The van der Waals surface area contributed by atoms with Crippen molar-refractivity contribution < 1.29 is 23.2 Å². The van der Waals surface area contributed by atoms with E-state index in [0.29, 0.717) is 49.8 Å². The number of hydrogen-bond donors (Lipinski definition) is 3. The van der Waals surface area contributed by atoms with E-state index in [2.05, 4.69) is 16.0 Å². The first-order valence-corrected chi connectivity index (χ1v) is 13.3. The van der Waals surface area contributed by atoms with Crippen LogP contribution in [0.5, 0.6) is 5.75 Å². The predicted octanol–water partition coefficient (Wildman–Crippen LogP) is 7.79. The smallest absolute Gasteiger partial charge is 0.291 e. The molecule has 2 amide bonds. The van der Waals surface area contributed by atoms with Crippen molar-refractivity contribution in [2.45, 2.75) is 0 Å². The molecular formula is C30H21Cl2N3O5S. The van der Waals surface area contributed by atoms with Gasteiger partial charge in [0.15, 0.2) is 10.9 Å². The van der Waals surface area contributed by atoms with Crippen molar-refractivity contribution in [1.29, 1.82) is 0 Å². The Bertz CT molecular complexity index is 1760. The van der Waals surface area contributed by atoms with E-state index in [0.717, 1.165) is 5.39 Å². The van der Waals surface area contributed by atoms with Crippen LogP contribution in [0.2, 0.25) is 10.0 Å². The second-order valence-electron chi connectivity index (χ2n) is 8.65. The van der Waals surface area contributed by atoms with E-state index in [4.69, 9.17) is 49.0 Å². The first-order valence-electron chi connectivity index (χ1n) is 12.1. The summed E-state index contributed by atoms with van der Waals surface area (Å²) in [6.45, 7) is 0. The Morgan fingerprint density at radius 1 is 0.902 bits per heavy atom. The van der Waals surface area contributed by atoms with Crippen LogP contribution >= 0.6 is 35.4 Å². The number of para-hydroxylation sites is 1. The van der Waals surface area contributed by atoms with Gasteiger partial charge in [0.2, 0.25) is 5.91 Å². The zero-order valence-corrected chi connectivity index (χ0v) is 23.7. The zero-order valence-electron chi connectivity index (χ0n) is 21.4. The molecule has 0 radical (unpaired) electrons. The number of rotatable bonds is 7. The van der Waals surface area contributed by atoms with Crippen molar-refractivity contribution in [1.82, 2.24) is 5.32 Å². The second-order valence-corrected chi connectivity index (χ2v) is 9.94. The molecule has 0 bridgehead atoms. The van der Waals surface area contributed by atoms with E-state index in [-0.39, 0.29) is 10.9 Å². The highest BCUT2D eigenvalue weighted by Crippen LogP contribution is 2.30. The van der Waals surface area contributed by atoms with Gasteiger partial charge < -0.3 is 24.2 Å². The molecule has 2 aromatic heterocycles. The highest BCUT2D eigenvalue weighted by Gasteiger charge is 2.15. The van der Waals surface area contributed by atoms with Gasteiger partial charge in [-0.25, -0.2) is 0 Å². The normalized spacial score (nSPS) is 11.0. The first kappa shape index (κ1) is 28.0. The number of amides is 2. The minimum atomic E-state index is -0.465. The summed E-state index contributed by atoms with van der Waals surface area (Å²) in [5.74, 6) is 0.672. The van der Waals surface area contributed by atoms with Gasteiger partial charge in [-0.15, -0.1) is 0 Å². The standard InChI is InChI=1S/C30H21Cl2N3O5S/c1-38-26-16-21(6-9-23(26)34-29(37)27-14-17-4-2-3-5-24(17)40-27)33-30(41)35-28(36)11-8-22-7-10-25(39-22)18-12-19(31)15-20(32)13-18/h2-16H,1H3,(H,34,37)(H2,33,35,36,41)/b11-8+. The van der Waals surface area contributed by atoms with Crippen molar-refractivity contribution >= 4 is 80.8 Å². The molecule has 11 heteroatoms. The maximum absolute atomic E-state index is 12.7. The molecule has 3 aromatic carbocycles. The minimum Gasteiger partial charge on any atom is -0.494 e. The van der Waals surface area contributed by atoms with Gasteiger partial charge in [-0.05, 0) is 72.9 Å². The van der Waals surface area contributed by atoms with Crippen LogP contribution in [0.25, 0.3) is 28.4 Å². The van der Waals surface area contributed by atoms with E-state index in [9.17, 15) is 9.59 Å². The van der Waals surface area contributed by atoms with E-state index in [1.807, 2.05) is 18.2 Å². The molecule has 0 fully saturated rings. The van der Waals surface area contributed by atoms with Crippen molar-refractivity contribution in [2.75, 3.05) is 17.7 Å². The topological polar surface area (TPSA) is 106 Å². The lowest BCUT2D eigenvalue weighted by Crippen LogP contribution is -2.32. The van der Waals surface area contributed by atoms with Crippen LogP contribution in [0.4, 0.5) is 11.4 Å². The van der Waals surface area contributed by atoms with Crippen molar-refractivity contribution in [3.8, 4) is 17.1 Å². The van der Waals surface area contributed by atoms with Gasteiger partial charge in [-0.2, -0.15) is 0 Å². The van der Waals surface area contributed by atoms with Crippen LogP contribution in [0.1, 0.15) is 16.3 Å². The molecule has 5 aromatic rings. The number of hydrogen-bond acceptors (Lipinski definition) is 6. The molecule has 0 aliphatic rings. The molecule has 5 rings (SSSR count). The van der Waals surface area contributed by atoms with Crippen molar-refractivity contribution in [2.24, 2.45) is 0 Å². The number of fused-ring (bicyclic) bond motifs is 1. The van der Waals surface area contributed by atoms with Gasteiger partial charge in [0.05, 0.1) is 12.8 Å². The third-order valence-electron chi connectivity index (χ3n) is 5.77. The fourth-order valence-electron chi connectivity index (χ4n) is 3.92. The number of benzene rings is 3. The molecule has 41 heavy (non-hydrogen) atoms. The lowest BCUT2D eigenvalue weighted by molar-refractivity contribution is -0.115. The number of carbonyl (C=O) groups excluding carboxylic acids is 2. The third kappa shape index (κ3) is 6.96. The first-order chi connectivity index (χ1) is 19.8. The molecule has 0 unspecified atom stereocenters. The van der Waals surface area contributed by atoms with E-state index < -0.39 is 11.8 Å². The highest BCUT2D eigenvalue weighted by molar-refractivity contribution is 7.80. The van der Waals surface area contributed by atoms with Crippen LogP contribution in [0, 0.1) is 0 Å². The Morgan fingerprint density at radius 3 is 2.44 bits per heavy atom. The van der Waals surface area contributed by atoms with E-state index in [1.54, 1.807) is 60.7 Å². The third-order valence-corrected chi connectivity index (χ3v) is 6.41. The van der Waals surface area contributed by atoms with Gasteiger partial charge in [-0.1, -0.05) is 41.4 Å². The van der Waals surface area contributed by atoms with Gasteiger partial charge in [0.1, 0.15) is 22.9 Å². The quantitative estimate of drug-likeness (QED) is 0.128. The molecule has 8 nitrogen and oxygen atoms in total. The fourth-order valence-corrected chi connectivity index (χ4v) is 4.66. The summed E-state index contributed by atoms with van der Waals surface area (Å²) in [7, 11) is 1.47. The Labute approximate surface area is 249 Å². The summed E-state index contributed by atoms with van der Waals surface area (Å²) in [5.41, 5.74) is 2.30. The van der Waals surface area contributed by atoms with Crippen LogP contribution in [-0.2, 0) is 4.79 Å². The maximum atomic E-state index is 12.7. The fraction of sp³-hybridized carbons (Fsp3) is 0.0333. The number of carbonyl (C=O) groups is 2. The second kappa shape index (κ2) is 12.3. The van der Waals surface area contributed by atoms with Crippen LogP contribution in [0.3, 0.4) is 0 Å². The Kier molecular flexibility index (Phi) is 8.39. The molecule has 0 spiro atoms. The predicted molar refractivity (Wildman–Crippen MR) is 165 cm³/mol. The Hall–Kier alpha value is -4.57. The van der Waals surface area contributed by atoms with Gasteiger partial charge in [0, 0.05) is 38.8 Å². The number of thiocarbonyl (C=S) groups is 1. The average Bonchev–Trinajstić information content (AvgIpc) is 3.60.